The van der Waals surface area contributed by atoms with Crippen LogP contribution in [0.15, 0.2) is 29.8 Å². The van der Waals surface area contributed by atoms with Crippen LogP contribution in [-0.4, -0.2) is 90.7 Å². The molecule has 11 nitrogen and oxygen atoms in total. The number of aliphatic hydroxyl groups is 4. The molecule has 6 rings (SSSR count). The number of aliphatic hydroxyl groups excluding tert-OH is 3. The van der Waals surface area contributed by atoms with Crippen LogP contribution in [0.1, 0.15) is 80.0 Å². The van der Waals surface area contributed by atoms with E-state index in [1.165, 1.54) is 6.08 Å². The number of hydrogen-bond donors (Lipinski definition) is 6. The van der Waals surface area contributed by atoms with Gasteiger partial charge in [0.2, 0.25) is 0 Å². The van der Waals surface area contributed by atoms with Gasteiger partial charge in [-0.2, -0.15) is 0 Å². The third-order valence-electron chi connectivity index (χ3n) is 9.17. The maximum absolute atomic E-state index is 13.2. The number of aromatic hydroxyl groups is 2. The van der Waals surface area contributed by atoms with E-state index < -0.39 is 72.1 Å². The van der Waals surface area contributed by atoms with Crippen LogP contribution >= 0.6 is 0 Å². The van der Waals surface area contributed by atoms with Crippen LogP contribution in [0.5, 0.6) is 11.5 Å². The molecule has 11 heteroatoms. The third kappa shape index (κ3) is 4.64. The number of rotatable bonds is 3. The topological polar surface area (TPSA) is 183 Å². The first-order valence-corrected chi connectivity index (χ1v) is 14.3. The highest BCUT2D eigenvalue weighted by Crippen LogP contribution is 2.52. The van der Waals surface area contributed by atoms with Crippen LogP contribution in [0.4, 0.5) is 0 Å². The van der Waals surface area contributed by atoms with E-state index in [2.05, 4.69) is 0 Å². The molecule has 42 heavy (non-hydrogen) atoms. The number of ether oxygens (including phenoxy) is 3. The molecule has 0 spiro atoms. The minimum atomic E-state index is -1.58. The molecule has 2 aliphatic carbocycles. The number of ketones is 2. The van der Waals surface area contributed by atoms with Crippen molar-refractivity contribution in [2.75, 3.05) is 0 Å². The van der Waals surface area contributed by atoms with Crippen molar-refractivity contribution in [1.29, 1.82) is 0 Å². The van der Waals surface area contributed by atoms with E-state index in [0.717, 1.165) is 0 Å². The Bertz CT molecular complexity index is 1460. The van der Waals surface area contributed by atoms with Gasteiger partial charge in [0.25, 0.3) is 0 Å². The molecule has 2 aromatic rings. The molecule has 2 aromatic carbocycles. The van der Waals surface area contributed by atoms with Gasteiger partial charge in [-0.25, -0.2) is 0 Å². The Balaban J connectivity index is 1.30. The fraction of sp³-hybridized carbons (Fsp3) is 0.548. The Morgan fingerprint density at radius 2 is 1.67 bits per heavy atom. The molecule has 2 saturated heterocycles. The number of fused-ring (bicyclic) bond motifs is 4. The van der Waals surface area contributed by atoms with Gasteiger partial charge in [0.15, 0.2) is 17.9 Å². The molecule has 2 heterocycles. The summed E-state index contributed by atoms with van der Waals surface area (Å²) in [6, 6.07) is 4.79. The van der Waals surface area contributed by atoms with E-state index in [9.17, 15) is 40.2 Å². The van der Waals surface area contributed by atoms with E-state index >= 15 is 0 Å². The zero-order chi connectivity index (χ0) is 30.2. The summed E-state index contributed by atoms with van der Waals surface area (Å²) in [5.74, 6) is -2.67. The fourth-order valence-electron chi connectivity index (χ4n) is 7.22. The van der Waals surface area contributed by atoms with Gasteiger partial charge in [0.05, 0.1) is 53.0 Å². The van der Waals surface area contributed by atoms with Gasteiger partial charge in [-0.05, 0) is 50.3 Å². The zero-order valence-electron chi connectivity index (χ0n) is 23.6. The summed E-state index contributed by atoms with van der Waals surface area (Å²) in [7, 11) is 0. The van der Waals surface area contributed by atoms with Crippen molar-refractivity contribution in [3.8, 4) is 11.5 Å². The van der Waals surface area contributed by atoms with E-state index in [1.54, 1.807) is 39.0 Å². The first-order chi connectivity index (χ1) is 19.8. The Kier molecular flexibility index (Phi) is 7.21. The van der Waals surface area contributed by atoms with Crippen molar-refractivity contribution in [3.05, 3.63) is 46.5 Å². The highest BCUT2D eigenvalue weighted by molar-refractivity contribution is 6.13. The molecule has 0 radical (unpaired) electrons. The average Bonchev–Trinajstić information content (AvgIpc) is 2.88. The van der Waals surface area contributed by atoms with Gasteiger partial charge >= 0.3 is 0 Å². The van der Waals surface area contributed by atoms with Crippen molar-refractivity contribution in [1.82, 2.24) is 0 Å². The second kappa shape index (κ2) is 10.4. The number of benzene rings is 2. The van der Waals surface area contributed by atoms with Crippen LogP contribution in [0.3, 0.4) is 0 Å². The summed E-state index contributed by atoms with van der Waals surface area (Å²) in [6.45, 7) is 5.04. The van der Waals surface area contributed by atoms with Crippen LogP contribution in [0.25, 0.3) is 10.8 Å². The summed E-state index contributed by atoms with van der Waals surface area (Å²) in [4.78, 5) is 26.2. The molecule has 2 fully saturated rings. The van der Waals surface area contributed by atoms with Gasteiger partial charge in [0.1, 0.15) is 23.7 Å². The molecule has 226 valence electrons. The Morgan fingerprint density at radius 1 is 0.929 bits per heavy atom. The molecule has 0 saturated carbocycles. The third-order valence-corrected chi connectivity index (χ3v) is 9.17. The maximum Gasteiger partial charge on any atom is 0.169 e. The van der Waals surface area contributed by atoms with Gasteiger partial charge < -0.3 is 44.8 Å². The van der Waals surface area contributed by atoms with Crippen molar-refractivity contribution in [2.45, 2.75) is 107 Å². The molecule has 0 amide bonds. The quantitative estimate of drug-likeness (QED) is 0.310. The van der Waals surface area contributed by atoms with E-state index in [-0.39, 0.29) is 59.3 Å². The lowest BCUT2D eigenvalue weighted by atomic mass is 9.64. The Labute approximate surface area is 241 Å². The highest BCUT2D eigenvalue weighted by Gasteiger charge is 2.51. The number of Topliss-reactive ketones (excluding diaryl/α,β-unsaturated/α-hetero) is 1. The molecule has 0 bridgehead atoms. The number of hydrogen-bond acceptors (Lipinski definition) is 11. The summed E-state index contributed by atoms with van der Waals surface area (Å²) in [5, 5.41) is 65.4. The van der Waals surface area contributed by atoms with E-state index in [1.807, 2.05) is 0 Å². The summed E-state index contributed by atoms with van der Waals surface area (Å²) >= 11 is 0. The predicted octanol–water partition coefficient (Wildman–Crippen LogP) is 2.02. The Morgan fingerprint density at radius 3 is 2.36 bits per heavy atom. The van der Waals surface area contributed by atoms with Gasteiger partial charge in [-0.1, -0.05) is 17.7 Å². The number of carbonyl (C=O) groups is 2. The fourth-order valence-corrected chi connectivity index (χ4v) is 7.22. The molecule has 0 unspecified atom stereocenters. The summed E-state index contributed by atoms with van der Waals surface area (Å²) in [6.07, 6.45) is -5.56. The molecule has 2 aliphatic heterocycles. The molecular weight excluding hydrogens is 548 g/mol. The zero-order valence-corrected chi connectivity index (χ0v) is 23.6. The maximum atomic E-state index is 13.2. The standard InChI is InChI=1S/C31H36O11/c1-12-6-18(32)26-17-7-15-4-5-16(28(37)24(15)29(38)25(17)21(35)11-31(26,39)10-12)22-8-20(34)30(14(3)40-22)42-23-9-19(33)27(36)13(2)41-23/h4-7,13-14,19-20,22-23,26-27,30,33-34,36-39H,8-11H2,1-3H3/t13-,14-,19-,20-,22-,23+,26+,27-,30-,31-/m1/s1. The van der Waals surface area contributed by atoms with E-state index in [0.29, 0.717) is 11.0 Å². The van der Waals surface area contributed by atoms with Gasteiger partial charge in [-0.15, -0.1) is 0 Å². The normalized spacial score (nSPS) is 38.6. The minimum Gasteiger partial charge on any atom is -0.507 e. The molecule has 4 aliphatic rings. The molecule has 0 aromatic heterocycles. The van der Waals surface area contributed by atoms with Crippen LogP contribution in [-0.2, 0) is 19.0 Å². The van der Waals surface area contributed by atoms with Crippen molar-refractivity contribution in [3.63, 3.8) is 0 Å². The average molecular weight is 585 g/mol. The number of phenols is 2. The molecule has 6 N–H and O–H groups in total. The van der Waals surface area contributed by atoms with Crippen LogP contribution in [0.2, 0.25) is 0 Å². The lowest BCUT2D eigenvalue weighted by molar-refractivity contribution is -0.293. The second-order valence-electron chi connectivity index (χ2n) is 12.3. The number of carbonyl (C=O) groups excluding carboxylic acids is 2. The summed E-state index contributed by atoms with van der Waals surface area (Å²) < 4.78 is 17.7. The SMILES string of the molecule is CC1=CC(=O)[C@@H]2c3cc4ccc([C@H]5C[C@@H](O)[C@H](O[C@H]6C[C@@H](O)[C@H](O)[C@@H](C)O6)[C@@H](C)O5)c(O)c4c(O)c3C(=O)C[C@]2(O)C1. The number of phenolic OH excluding ortho intramolecular Hbond substituents is 2. The predicted molar refractivity (Wildman–Crippen MR) is 147 cm³/mol. The van der Waals surface area contributed by atoms with Crippen LogP contribution in [0, 0.1) is 0 Å². The smallest absolute Gasteiger partial charge is 0.169 e. The van der Waals surface area contributed by atoms with E-state index in [4.69, 9.17) is 14.2 Å². The van der Waals surface area contributed by atoms with Crippen molar-refractivity contribution < 1.29 is 54.4 Å². The lowest BCUT2D eigenvalue weighted by Crippen LogP contribution is -2.52. The van der Waals surface area contributed by atoms with Gasteiger partial charge in [-0.3, -0.25) is 9.59 Å². The first-order valence-electron chi connectivity index (χ1n) is 14.3. The monoisotopic (exact) mass is 584 g/mol. The largest absolute Gasteiger partial charge is 0.507 e. The molecule has 10 atom stereocenters. The first kappa shape index (κ1) is 29.2. The minimum absolute atomic E-state index is 0.0151. The highest BCUT2D eigenvalue weighted by atomic mass is 16.7. The van der Waals surface area contributed by atoms with Crippen molar-refractivity contribution in [2.24, 2.45) is 0 Å². The van der Waals surface area contributed by atoms with Crippen LogP contribution < -0.4 is 0 Å². The lowest BCUT2D eigenvalue weighted by Gasteiger charge is -2.42. The van der Waals surface area contributed by atoms with Gasteiger partial charge in [0, 0.05) is 24.8 Å². The number of allylic oxidation sites excluding steroid dienone is 1. The second-order valence-corrected chi connectivity index (χ2v) is 12.3. The Hall–Kier alpha value is -2.90. The molecular formula is C31H36O11. The van der Waals surface area contributed by atoms with Crippen molar-refractivity contribution >= 4 is 22.3 Å². The summed E-state index contributed by atoms with van der Waals surface area (Å²) in [5.41, 5.74) is -0.478.